The summed E-state index contributed by atoms with van der Waals surface area (Å²) in [5.41, 5.74) is 3.96. The minimum absolute atomic E-state index is 0.0433. The summed E-state index contributed by atoms with van der Waals surface area (Å²) >= 11 is 1.51. The van der Waals surface area contributed by atoms with E-state index in [1.165, 1.54) is 47.3 Å². The van der Waals surface area contributed by atoms with E-state index >= 15 is 0 Å². The van der Waals surface area contributed by atoms with Gasteiger partial charge in [-0.05, 0) is 74.4 Å². The van der Waals surface area contributed by atoms with Gasteiger partial charge < -0.3 is 4.90 Å². The van der Waals surface area contributed by atoms with E-state index in [4.69, 9.17) is 0 Å². The zero-order valence-corrected chi connectivity index (χ0v) is 21.0. The maximum absolute atomic E-state index is 13.3. The summed E-state index contributed by atoms with van der Waals surface area (Å²) in [7, 11) is 1.96. The van der Waals surface area contributed by atoms with E-state index in [9.17, 15) is 9.59 Å². The van der Waals surface area contributed by atoms with Gasteiger partial charge in [0.05, 0.1) is 4.88 Å². The fourth-order valence-electron chi connectivity index (χ4n) is 5.09. The van der Waals surface area contributed by atoms with E-state index in [1.54, 1.807) is 0 Å². The first kappa shape index (κ1) is 24.7. The van der Waals surface area contributed by atoms with Crippen LogP contribution in [-0.2, 0) is 11.2 Å². The molecule has 1 fully saturated rings. The van der Waals surface area contributed by atoms with Gasteiger partial charge in [0.1, 0.15) is 0 Å². The third-order valence-corrected chi connectivity index (χ3v) is 8.15. The van der Waals surface area contributed by atoms with Crippen molar-refractivity contribution in [3.63, 3.8) is 0 Å². The summed E-state index contributed by atoms with van der Waals surface area (Å²) in [6.07, 6.45) is 9.17. The second kappa shape index (κ2) is 11.8. The maximum Gasteiger partial charge on any atom is 0.222 e. The van der Waals surface area contributed by atoms with Crippen LogP contribution in [0.4, 0.5) is 0 Å². The molecule has 174 valence electrons. The summed E-state index contributed by atoms with van der Waals surface area (Å²) in [5.74, 6) is 0.341. The van der Waals surface area contributed by atoms with E-state index in [0.29, 0.717) is 12.5 Å². The highest BCUT2D eigenvalue weighted by atomic mass is 32.1. The van der Waals surface area contributed by atoms with Gasteiger partial charge in [-0.3, -0.25) is 9.59 Å². The van der Waals surface area contributed by atoms with Crippen molar-refractivity contribution in [3.8, 4) is 0 Å². The Morgan fingerprint density at radius 1 is 1.12 bits per heavy atom. The van der Waals surface area contributed by atoms with Gasteiger partial charge in [0.2, 0.25) is 5.91 Å². The molecule has 0 bridgehead atoms. The van der Waals surface area contributed by atoms with Crippen molar-refractivity contribution in [2.45, 2.75) is 84.6 Å². The lowest BCUT2D eigenvalue weighted by atomic mass is 9.82. The molecule has 0 radical (unpaired) electrons. The molecular weight excluding hydrogens is 414 g/mol. The highest BCUT2D eigenvalue weighted by Crippen LogP contribution is 2.30. The molecule has 1 aliphatic rings. The number of amides is 1. The molecule has 1 amide bonds. The Hall–Kier alpha value is -1.94. The zero-order chi connectivity index (χ0) is 23.1. The number of aryl methyl sites for hydroxylation is 3. The van der Waals surface area contributed by atoms with E-state index in [1.807, 2.05) is 29.5 Å². The molecule has 32 heavy (non-hydrogen) atoms. The molecule has 3 nitrogen and oxygen atoms in total. The van der Waals surface area contributed by atoms with Crippen molar-refractivity contribution >= 4 is 23.0 Å². The first-order valence-corrected chi connectivity index (χ1v) is 13.1. The number of ketones is 1. The van der Waals surface area contributed by atoms with Crippen molar-refractivity contribution in [2.24, 2.45) is 11.8 Å². The Morgan fingerprint density at radius 2 is 1.88 bits per heavy atom. The summed E-state index contributed by atoms with van der Waals surface area (Å²) in [6, 6.07) is 10.8. The quantitative estimate of drug-likeness (QED) is 0.363. The number of hydrogen-bond donors (Lipinski definition) is 0. The first-order valence-electron chi connectivity index (χ1n) is 12.3. The number of rotatable bonds is 10. The van der Waals surface area contributed by atoms with Crippen molar-refractivity contribution in [3.05, 3.63) is 57.3 Å². The molecule has 1 heterocycles. The number of thiophene rings is 1. The van der Waals surface area contributed by atoms with Gasteiger partial charge in [-0.1, -0.05) is 56.0 Å². The Balaban J connectivity index is 1.65. The molecular formula is C28H39NO2S. The standard InChI is InChI=1S/C28H39NO2S/c1-20-15-16-21(2)23(18-20)10-8-13-25(28(31)26-14-9-17-32-26)22(3)19-27(30)29(4)24-11-6-5-7-12-24/h9,14-18,22,24-25H,5-8,10-13,19H2,1-4H3. The Kier molecular flexibility index (Phi) is 9.10. The molecule has 1 saturated carbocycles. The lowest BCUT2D eigenvalue weighted by Gasteiger charge is -2.33. The van der Waals surface area contributed by atoms with Crippen LogP contribution in [0.5, 0.6) is 0 Å². The number of carbonyl (C=O) groups excluding carboxylic acids is 2. The molecule has 1 aromatic heterocycles. The van der Waals surface area contributed by atoms with Gasteiger partial charge in [0.15, 0.2) is 5.78 Å². The highest BCUT2D eigenvalue weighted by Gasteiger charge is 2.30. The number of benzene rings is 1. The van der Waals surface area contributed by atoms with Crippen LogP contribution in [0, 0.1) is 25.7 Å². The Labute approximate surface area is 198 Å². The van der Waals surface area contributed by atoms with E-state index < -0.39 is 0 Å². The van der Waals surface area contributed by atoms with Crippen LogP contribution in [0.1, 0.15) is 84.7 Å². The van der Waals surface area contributed by atoms with Gasteiger partial charge >= 0.3 is 0 Å². The largest absolute Gasteiger partial charge is 0.343 e. The predicted molar refractivity (Wildman–Crippen MR) is 134 cm³/mol. The lowest BCUT2D eigenvalue weighted by molar-refractivity contribution is -0.133. The van der Waals surface area contributed by atoms with E-state index in [-0.39, 0.29) is 23.5 Å². The van der Waals surface area contributed by atoms with Crippen LogP contribution in [0.2, 0.25) is 0 Å². The van der Waals surface area contributed by atoms with Gasteiger partial charge in [-0.25, -0.2) is 0 Å². The van der Waals surface area contributed by atoms with E-state index in [2.05, 4.69) is 39.0 Å². The number of nitrogens with zero attached hydrogens (tertiary/aromatic N) is 1. The third-order valence-electron chi connectivity index (χ3n) is 7.27. The van der Waals surface area contributed by atoms with Gasteiger partial charge in [0, 0.05) is 25.4 Å². The van der Waals surface area contributed by atoms with Gasteiger partial charge in [0.25, 0.3) is 0 Å². The summed E-state index contributed by atoms with van der Waals surface area (Å²) in [5, 5.41) is 1.97. The minimum Gasteiger partial charge on any atom is -0.343 e. The molecule has 2 unspecified atom stereocenters. The molecule has 0 saturated heterocycles. The normalized spacial score (nSPS) is 16.5. The molecule has 2 atom stereocenters. The summed E-state index contributed by atoms with van der Waals surface area (Å²) < 4.78 is 0. The second-order valence-electron chi connectivity index (χ2n) is 9.75. The average Bonchev–Trinajstić information content (AvgIpc) is 3.33. The van der Waals surface area contributed by atoms with Crippen molar-refractivity contribution in [1.29, 1.82) is 0 Å². The van der Waals surface area contributed by atoms with Crippen LogP contribution < -0.4 is 0 Å². The fourth-order valence-corrected chi connectivity index (χ4v) is 5.82. The summed E-state index contributed by atoms with van der Waals surface area (Å²) in [6.45, 7) is 6.38. The van der Waals surface area contributed by atoms with Crippen molar-refractivity contribution in [1.82, 2.24) is 4.90 Å². The molecule has 1 aliphatic carbocycles. The third kappa shape index (κ3) is 6.54. The molecule has 3 rings (SSSR count). The number of hydrogen-bond acceptors (Lipinski definition) is 3. The lowest BCUT2D eigenvalue weighted by Crippen LogP contribution is -2.39. The topological polar surface area (TPSA) is 37.4 Å². The van der Waals surface area contributed by atoms with Crippen LogP contribution in [-0.4, -0.2) is 29.7 Å². The van der Waals surface area contributed by atoms with Crippen LogP contribution in [0.3, 0.4) is 0 Å². The molecule has 0 spiro atoms. The van der Waals surface area contributed by atoms with Crippen molar-refractivity contribution < 1.29 is 9.59 Å². The Bertz CT molecular complexity index is 883. The fraction of sp³-hybridized carbons (Fsp3) is 0.571. The van der Waals surface area contributed by atoms with Gasteiger partial charge in [-0.2, -0.15) is 0 Å². The summed E-state index contributed by atoms with van der Waals surface area (Å²) in [4.78, 5) is 29.2. The first-order chi connectivity index (χ1) is 15.4. The monoisotopic (exact) mass is 453 g/mol. The predicted octanol–water partition coefficient (Wildman–Crippen LogP) is 7.00. The SMILES string of the molecule is Cc1ccc(C)c(CCCC(C(=O)c2cccs2)C(C)CC(=O)N(C)C2CCCCC2)c1. The number of Topliss-reactive ketones (excluding diaryl/α,β-unsaturated/α-hetero) is 1. The average molecular weight is 454 g/mol. The highest BCUT2D eigenvalue weighted by molar-refractivity contribution is 7.12. The second-order valence-corrected chi connectivity index (χ2v) is 10.7. The van der Waals surface area contributed by atoms with Crippen LogP contribution in [0.15, 0.2) is 35.7 Å². The van der Waals surface area contributed by atoms with E-state index in [0.717, 1.165) is 37.0 Å². The Morgan fingerprint density at radius 3 is 2.56 bits per heavy atom. The molecule has 2 aromatic rings. The molecule has 4 heteroatoms. The molecule has 0 aliphatic heterocycles. The van der Waals surface area contributed by atoms with Gasteiger partial charge in [-0.15, -0.1) is 11.3 Å². The maximum atomic E-state index is 13.3. The molecule has 0 N–H and O–H groups in total. The van der Waals surface area contributed by atoms with Crippen LogP contribution >= 0.6 is 11.3 Å². The number of carbonyl (C=O) groups is 2. The zero-order valence-electron chi connectivity index (χ0n) is 20.2. The van der Waals surface area contributed by atoms with Crippen LogP contribution in [0.25, 0.3) is 0 Å². The minimum atomic E-state index is -0.109. The molecule has 1 aromatic carbocycles. The smallest absolute Gasteiger partial charge is 0.222 e. The van der Waals surface area contributed by atoms with Crippen molar-refractivity contribution in [2.75, 3.05) is 7.05 Å².